The van der Waals surface area contributed by atoms with Gasteiger partial charge >= 0.3 is 6.03 Å². The van der Waals surface area contributed by atoms with E-state index in [9.17, 15) is 4.79 Å². The summed E-state index contributed by atoms with van der Waals surface area (Å²) < 4.78 is 11.7. The first-order chi connectivity index (χ1) is 13.1. The average molecular weight is 360 g/mol. The van der Waals surface area contributed by atoms with E-state index >= 15 is 0 Å². The SMILES string of the molecule is COc1ccc(N2C(=O)NC3CC2(C)Oc2ccc4ccccc4c23)cc1. The topological polar surface area (TPSA) is 50.8 Å². The van der Waals surface area contributed by atoms with Crippen LogP contribution in [0, 0.1) is 0 Å². The summed E-state index contributed by atoms with van der Waals surface area (Å²) in [7, 11) is 1.63. The van der Waals surface area contributed by atoms with Crippen LogP contribution in [-0.4, -0.2) is 18.9 Å². The molecular weight excluding hydrogens is 340 g/mol. The summed E-state index contributed by atoms with van der Waals surface area (Å²) >= 11 is 0. The fourth-order valence-corrected chi connectivity index (χ4v) is 4.29. The summed E-state index contributed by atoms with van der Waals surface area (Å²) in [6.07, 6.45) is 0.672. The zero-order chi connectivity index (χ0) is 18.6. The largest absolute Gasteiger partial charge is 0.497 e. The lowest BCUT2D eigenvalue weighted by molar-refractivity contribution is 0.0385. The van der Waals surface area contributed by atoms with Crippen molar-refractivity contribution >= 4 is 22.5 Å². The fourth-order valence-electron chi connectivity index (χ4n) is 4.29. The molecule has 1 fully saturated rings. The van der Waals surface area contributed by atoms with E-state index in [1.807, 2.05) is 49.4 Å². The number of amides is 2. The van der Waals surface area contributed by atoms with Gasteiger partial charge in [0, 0.05) is 17.7 Å². The number of benzene rings is 3. The number of carbonyl (C=O) groups excluding carboxylic acids is 1. The number of hydrogen-bond donors (Lipinski definition) is 1. The molecule has 2 aliphatic heterocycles. The molecule has 27 heavy (non-hydrogen) atoms. The fraction of sp³-hybridized carbons (Fsp3) is 0.227. The number of anilines is 1. The lowest BCUT2D eigenvalue weighted by Gasteiger charge is -2.50. The normalized spacial score (nSPS) is 23.4. The Balaban J connectivity index is 1.61. The minimum atomic E-state index is -0.753. The van der Waals surface area contributed by atoms with Crippen molar-refractivity contribution in [1.29, 1.82) is 0 Å². The lowest BCUT2D eigenvalue weighted by Crippen LogP contribution is -2.65. The van der Waals surface area contributed by atoms with Gasteiger partial charge in [-0.3, -0.25) is 4.90 Å². The van der Waals surface area contributed by atoms with Crippen LogP contribution in [-0.2, 0) is 0 Å². The first-order valence-electron chi connectivity index (χ1n) is 9.04. The van der Waals surface area contributed by atoms with E-state index in [4.69, 9.17) is 9.47 Å². The van der Waals surface area contributed by atoms with Gasteiger partial charge in [-0.1, -0.05) is 30.3 Å². The quantitative estimate of drug-likeness (QED) is 0.726. The van der Waals surface area contributed by atoms with Gasteiger partial charge in [0.2, 0.25) is 0 Å². The molecule has 3 aromatic rings. The van der Waals surface area contributed by atoms with Gasteiger partial charge in [0.25, 0.3) is 0 Å². The van der Waals surface area contributed by atoms with Crippen molar-refractivity contribution in [1.82, 2.24) is 5.32 Å². The van der Waals surface area contributed by atoms with Crippen LogP contribution in [0.4, 0.5) is 10.5 Å². The van der Waals surface area contributed by atoms with Crippen molar-refractivity contribution in [3.05, 3.63) is 66.2 Å². The predicted molar refractivity (Wildman–Crippen MR) is 104 cm³/mol. The van der Waals surface area contributed by atoms with Crippen molar-refractivity contribution in [3.8, 4) is 11.5 Å². The van der Waals surface area contributed by atoms with Gasteiger partial charge in [0.1, 0.15) is 11.5 Å². The van der Waals surface area contributed by atoms with Gasteiger partial charge in [-0.25, -0.2) is 4.79 Å². The molecule has 136 valence electrons. The van der Waals surface area contributed by atoms with Crippen LogP contribution in [0.3, 0.4) is 0 Å². The second-order valence-electron chi connectivity index (χ2n) is 7.22. The van der Waals surface area contributed by atoms with Crippen LogP contribution in [0.2, 0.25) is 0 Å². The first kappa shape index (κ1) is 16.0. The number of urea groups is 1. The van der Waals surface area contributed by atoms with Gasteiger partial charge in [0.15, 0.2) is 5.72 Å². The third kappa shape index (κ3) is 2.35. The Morgan fingerprint density at radius 3 is 2.67 bits per heavy atom. The van der Waals surface area contributed by atoms with Gasteiger partial charge in [-0.05, 0) is 48.0 Å². The third-order valence-corrected chi connectivity index (χ3v) is 5.50. The van der Waals surface area contributed by atoms with E-state index < -0.39 is 5.72 Å². The van der Waals surface area contributed by atoms with E-state index in [1.54, 1.807) is 12.0 Å². The zero-order valence-electron chi connectivity index (χ0n) is 15.2. The molecule has 0 saturated carbocycles. The Morgan fingerprint density at radius 2 is 1.89 bits per heavy atom. The summed E-state index contributed by atoms with van der Waals surface area (Å²) in [4.78, 5) is 14.7. The number of fused-ring (bicyclic) bond motifs is 6. The molecule has 5 rings (SSSR count). The number of methoxy groups -OCH3 is 1. The second kappa shape index (κ2) is 5.64. The molecule has 1 saturated heterocycles. The first-order valence-corrected chi connectivity index (χ1v) is 9.04. The molecule has 2 bridgehead atoms. The monoisotopic (exact) mass is 360 g/mol. The maximum atomic E-state index is 13.0. The molecule has 5 nitrogen and oxygen atoms in total. The highest BCUT2D eigenvalue weighted by Crippen LogP contribution is 2.48. The summed E-state index contributed by atoms with van der Waals surface area (Å²) in [5.41, 5.74) is 1.09. The minimum absolute atomic E-state index is 0.0770. The Bertz CT molecular complexity index is 1050. The zero-order valence-corrected chi connectivity index (χ0v) is 15.2. The van der Waals surface area contributed by atoms with Crippen molar-refractivity contribution in [3.63, 3.8) is 0 Å². The van der Waals surface area contributed by atoms with Crippen LogP contribution in [0.25, 0.3) is 10.8 Å². The Hall–Kier alpha value is -3.21. The molecule has 3 aromatic carbocycles. The Kier molecular flexibility index (Phi) is 3.34. The molecule has 5 heteroatoms. The Labute approximate surface area is 157 Å². The molecule has 2 unspecified atom stereocenters. The standard InChI is InChI=1S/C22H20N2O3/c1-22-13-18(20-17-6-4-3-5-14(17)7-12-19(20)27-22)23-21(25)24(22)15-8-10-16(26-2)11-9-15/h3-12,18H,13H2,1-2H3,(H,23,25). The second-order valence-corrected chi connectivity index (χ2v) is 7.22. The molecular formula is C22H20N2O3. The number of nitrogens with one attached hydrogen (secondary N) is 1. The highest BCUT2D eigenvalue weighted by atomic mass is 16.5. The minimum Gasteiger partial charge on any atom is -0.497 e. The number of rotatable bonds is 2. The number of carbonyl (C=O) groups is 1. The van der Waals surface area contributed by atoms with E-state index in [1.165, 1.54) is 0 Å². The molecule has 0 spiro atoms. The summed E-state index contributed by atoms with van der Waals surface area (Å²) in [6, 6.07) is 19.5. The highest BCUT2D eigenvalue weighted by molar-refractivity contribution is 5.96. The molecule has 0 aliphatic carbocycles. The predicted octanol–water partition coefficient (Wildman–Crippen LogP) is 4.62. The van der Waals surface area contributed by atoms with Crippen LogP contribution < -0.4 is 19.7 Å². The third-order valence-electron chi connectivity index (χ3n) is 5.50. The van der Waals surface area contributed by atoms with Crippen LogP contribution >= 0.6 is 0 Å². The van der Waals surface area contributed by atoms with E-state index in [0.717, 1.165) is 33.5 Å². The molecule has 0 radical (unpaired) electrons. The van der Waals surface area contributed by atoms with Crippen LogP contribution in [0.5, 0.6) is 11.5 Å². The van der Waals surface area contributed by atoms with Crippen molar-refractivity contribution < 1.29 is 14.3 Å². The number of ether oxygens (including phenoxy) is 2. The van der Waals surface area contributed by atoms with Crippen molar-refractivity contribution in [2.24, 2.45) is 0 Å². The van der Waals surface area contributed by atoms with Gasteiger partial charge in [0.05, 0.1) is 13.2 Å². The van der Waals surface area contributed by atoms with Crippen molar-refractivity contribution in [2.45, 2.75) is 25.1 Å². The highest BCUT2D eigenvalue weighted by Gasteiger charge is 2.50. The van der Waals surface area contributed by atoms with Crippen LogP contribution in [0.15, 0.2) is 60.7 Å². The van der Waals surface area contributed by atoms with Gasteiger partial charge < -0.3 is 14.8 Å². The number of hydrogen-bond acceptors (Lipinski definition) is 3. The smallest absolute Gasteiger partial charge is 0.325 e. The Morgan fingerprint density at radius 1 is 1.11 bits per heavy atom. The van der Waals surface area contributed by atoms with Gasteiger partial charge in [-0.15, -0.1) is 0 Å². The maximum absolute atomic E-state index is 13.0. The molecule has 2 atom stereocenters. The summed E-state index contributed by atoms with van der Waals surface area (Å²) in [5, 5.41) is 5.45. The number of nitrogens with zero attached hydrogens (tertiary/aromatic N) is 1. The maximum Gasteiger partial charge on any atom is 0.325 e. The average Bonchev–Trinajstić information content (AvgIpc) is 2.67. The molecule has 1 N–H and O–H groups in total. The van der Waals surface area contributed by atoms with E-state index in [-0.39, 0.29) is 12.1 Å². The van der Waals surface area contributed by atoms with E-state index in [0.29, 0.717) is 6.42 Å². The summed E-state index contributed by atoms with van der Waals surface area (Å²) in [5.74, 6) is 1.58. The molecule has 2 aliphatic rings. The molecule has 2 heterocycles. The lowest BCUT2D eigenvalue weighted by atomic mass is 9.87. The summed E-state index contributed by atoms with van der Waals surface area (Å²) in [6.45, 7) is 1.97. The molecule has 2 amide bonds. The molecule has 0 aromatic heterocycles. The van der Waals surface area contributed by atoms with Gasteiger partial charge in [-0.2, -0.15) is 0 Å². The van der Waals surface area contributed by atoms with Crippen LogP contribution in [0.1, 0.15) is 24.9 Å². The van der Waals surface area contributed by atoms with Crippen molar-refractivity contribution in [2.75, 3.05) is 12.0 Å². The van der Waals surface area contributed by atoms with E-state index in [2.05, 4.69) is 23.5 Å².